The topological polar surface area (TPSA) is 0 Å². The van der Waals surface area contributed by atoms with Crippen LogP contribution < -0.4 is 0 Å². The summed E-state index contributed by atoms with van der Waals surface area (Å²) in [6, 6.07) is 0. The molecule has 0 aliphatic rings. The third-order valence-corrected chi connectivity index (χ3v) is 3.73. The van der Waals surface area contributed by atoms with E-state index in [4.69, 9.17) is 0 Å². The fraction of sp³-hybridized carbons (Fsp3) is 1.00. The summed E-state index contributed by atoms with van der Waals surface area (Å²) in [6.07, 6.45) is 0. The van der Waals surface area contributed by atoms with Crippen LogP contribution in [0.3, 0.4) is 0 Å². The van der Waals surface area contributed by atoms with Crippen LogP contribution in [-0.4, -0.2) is 17.1 Å². The van der Waals surface area contributed by atoms with Crippen molar-refractivity contribution in [3.8, 4) is 0 Å². The Morgan fingerprint density at radius 3 is 1.50 bits per heavy atom. The van der Waals surface area contributed by atoms with Crippen LogP contribution in [0.1, 0.15) is 0 Å². The molecule has 0 fully saturated rings. The molecule has 0 aromatic heterocycles. The molecule has 0 atom stereocenters. The van der Waals surface area contributed by atoms with Gasteiger partial charge in [-0.1, -0.05) is 0 Å². The summed E-state index contributed by atoms with van der Waals surface area (Å²) in [6.45, 7) is 0. The summed E-state index contributed by atoms with van der Waals surface area (Å²) < 4.78 is 32.5. The summed E-state index contributed by atoms with van der Waals surface area (Å²) in [5.74, 6) is 0. The van der Waals surface area contributed by atoms with Crippen LogP contribution in [0, 0.1) is 0 Å². The van der Waals surface area contributed by atoms with Crippen LogP contribution in [-0.2, 0) is 0 Å². The summed E-state index contributed by atoms with van der Waals surface area (Å²) >= 11 is -0.282. The van der Waals surface area contributed by atoms with E-state index >= 15 is 0 Å². The van der Waals surface area contributed by atoms with Crippen molar-refractivity contribution in [1.82, 2.24) is 0 Å². The molecule has 0 aromatic rings. The second kappa shape index (κ2) is 2.39. The van der Waals surface area contributed by atoms with E-state index in [-0.39, 0.29) is 0 Å². The third-order valence-electron chi connectivity index (χ3n) is 0.107. The second-order valence-corrected chi connectivity index (χ2v) is 4.98. The molecule has 0 aromatic carbocycles. The Kier molecular flexibility index (Phi) is 2.81. The van der Waals surface area contributed by atoms with E-state index in [9.17, 15) is 13.2 Å². The minimum absolute atomic E-state index is 1.39. The summed E-state index contributed by atoms with van der Waals surface area (Å²) in [4.78, 5) is 0. The molecule has 0 rings (SSSR count). The van der Waals surface area contributed by atoms with Crippen molar-refractivity contribution in [2.45, 2.75) is 5.01 Å². The van der Waals surface area contributed by atoms with Gasteiger partial charge < -0.3 is 0 Å². The molecule has 2 radical (unpaired) electrons. The van der Waals surface area contributed by atoms with Gasteiger partial charge in [-0.3, -0.25) is 0 Å². The SMILES string of the molecule is F[C](F)(F)[Ge][I]. The Hall–Kier alpha value is 1.06. The van der Waals surface area contributed by atoms with Gasteiger partial charge in [-0.15, -0.1) is 0 Å². The molecule has 0 N–H and O–H groups in total. The van der Waals surface area contributed by atoms with Gasteiger partial charge in [-0.2, -0.15) is 0 Å². The minimum atomic E-state index is -3.85. The molecule has 0 heterocycles. The van der Waals surface area contributed by atoms with Gasteiger partial charge in [0, 0.05) is 0 Å². The Morgan fingerprint density at radius 1 is 1.33 bits per heavy atom. The summed E-state index contributed by atoms with van der Waals surface area (Å²) in [5.41, 5.74) is 0. The van der Waals surface area contributed by atoms with Gasteiger partial charge in [-0.25, -0.2) is 0 Å². The number of rotatable bonds is 0. The van der Waals surface area contributed by atoms with Crippen LogP contribution in [0.5, 0.6) is 0 Å². The number of alkyl halides is 3. The van der Waals surface area contributed by atoms with Gasteiger partial charge in [0.2, 0.25) is 0 Å². The predicted molar refractivity (Wildman–Crippen MR) is 25.8 cm³/mol. The van der Waals surface area contributed by atoms with Crippen LogP contribution in [0.4, 0.5) is 13.2 Å². The number of hydrogen-bond donors (Lipinski definition) is 0. The van der Waals surface area contributed by atoms with Crippen molar-refractivity contribution >= 4 is 32.3 Å². The van der Waals surface area contributed by atoms with Gasteiger partial charge in [0.05, 0.1) is 0 Å². The normalized spacial score (nSPS) is 12.0. The van der Waals surface area contributed by atoms with Crippen molar-refractivity contribution in [2.24, 2.45) is 0 Å². The van der Waals surface area contributed by atoms with E-state index in [0.717, 1.165) is 0 Å². The average Bonchev–Trinajstić information content (AvgIpc) is 1.35. The number of hydrogen-bond acceptors (Lipinski definition) is 0. The van der Waals surface area contributed by atoms with Crippen LogP contribution in [0.15, 0.2) is 0 Å². The van der Waals surface area contributed by atoms with E-state index < -0.39 is 17.1 Å². The fourth-order valence-electron chi connectivity index (χ4n) is 0. The van der Waals surface area contributed by atoms with Crippen LogP contribution >= 0.6 is 20.2 Å². The molecule has 0 amide bonds. The Labute approximate surface area is 50.6 Å². The molecule has 0 saturated heterocycles. The molecule has 0 aliphatic carbocycles. The third kappa shape index (κ3) is 5.06. The molecular weight excluding hydrogens is 269 g/mol. The molecule has 0 unspecified atom stereocenters. The van der Waals surface area contributed by atoms with Gasteiger partial charge >= 0.3 is 50.5 Å². The molecule has 0 nitrogen and oxygen atoms in total. The van der Waals surface area contributed by atoms with Crippen molar-refractivity contribution in [2.75, 3.05) is 0 Å². The van der Waals surface area contributed by atoms with Gasteiger partial charge in [0.1, 0.15) is 0 Å². The first-order valence-corrected chi connectivity index (χ1v) is 8.45. The van der Waals surface area contributed by atoms with Gasteiger partial charge in [0.25, 0.3) is 0 Å². The molecule has 0 saturated carbocycles. The molecule has 6 heavy (non-hydrogen) atoms. The first-order chi connectivity index (χ1) is 2.56. The van der Waals surface area contributed by atoms with E-state index in [1.165, 1.54) is 20.2 Å². The van der Waals surface area contributed by atoms with E-state index in [1.54, 1.807) is 0 Å². The zero-order valence-corrected chi connectivity index (χ0v) is 6.77. The quantitative estimate of drug-likeness (QED) is 0.462. The molecule has 0 bridgehead atoms. The van der Waals surface area contributed by atoms with Crippen molar-refractivity contribution in [1.29, 1.82) is 0 Å². The maximum absolute atomic E-state index is 10.8. The van der Waals surface area contributed by atoms with E-state index in [0.29, 0.717) is 0 Å². The molecule has 5 heteroatoms. The first kappa shape index (κ1) is 7.06. The Balaban J connectivity index is 3.17. The first-order valence-electron chi connectivity index (χ1n) is 1.01. The van der Waals surface area contributed by atoms with Gasteiger partial charge in [-0.05, 0) is 0 Å². The maximum atomic E-state index is 10.8. The van der Waals surface area contributed by atoms with Crippen molar-refractivity contribution in [3.05, 3.63) is 0 Å². The van der Waals surface area contributed by atoms with Crippen LogP contribution in [0.2, 0.25) is 0 Å². The fourth-order valence-corrected chi connectivity index (χ4v) is 0. The van der Waals surface area contributed by atoms with Crippen molar-refractivity contribution < 1.29 is 13.2 Å². The summed E-state index contributed by atoms with van der Waals surface area (Å²) in [7, 11) is 0. The Bertz CT molecular complexity index is 40.5. The second-order valence-electron chi connectivity index (χ2n) is 0.592. The standard InChI is InChI=1S/CF3GeI/c2-1(3,4)5-6. The molecular formula is CF3GeI. The van der Waals surface area contributed by atoms with E-state index in [2.05, 4.69) is 0 Å². The van der Waals surface area contributed by atoms with Crippen molar-refractivity contribution in [3.63, 3.8) is 0 Å². The average molecular weight is 269 g/mol. The zero-order valence-electron chi connectivity index (χ0n) is 2.51. The summed E-state index contributed by atoms with van der Waals surface area (Å²) in [5, 5.41) is -3.85. The zero-order chi connectivity index (χ0) is 5.21. The van der Waals surface area contributed by atoms with E-state index in [1.807, 2.05) is 0 Å². The Morgan fingerprint density at radius 2 is 1.50 bits per heavy atom. The predicted octanol–water partition coefficient (Wildman–Crippen LogP) is 1.56. The van der Waals surface area contributed by atoms with Gasteiger partial charge in [0.15, 0.2) is 0 Å². The molecule has 36 valence electrons. The monoisotopic (exact) mass is 270 g/mol. The molecule has 0 spiro atoms. The molecule has 0 aliphatic heterocycles. The van der Waals surface area contributed by atoms with Crippen LogP contribution in [0.25, 0.3) is 0 Å². The number of halogens is 4.